The summed E-state index contributed by atoms with van der Waals surface area (Å²) in [5.74, 6) is -4.11. The zero-order valence-corrected chi connectivity index (χ0v) is 9.82. The molecule has 2 aromatic rings. The van der Waals surface area contributed by atoms with Gasteiger partial charge in [-0.05, 0) is 6.07 Å². The molecule has 0 bridgehead atoms. The maximum Gasteiger partial charge on any atom is 0.196 e. The van der Waals surface area contributed by atoms with E-state index in [1.54, 1.807) is 0 Å². The monoisotopic (exact) mass is 273 g/mol. The molecule has 0 amide bonds. The van der Waals surface area contributed by atoms with E-state index in [0.717, 1.165) is 6.07 Å². The third-order valence-corrected chi connectivity index (χ3v) is 3.39. The molecule has 2 nitrogen and oxygen atoms in total. The minimum Gasteiger partial charge on any atom is -0.376 e. The second-order valence-corrected chi connectivity index (χ2v) is 4.41. The summed E-state index contributed by atoms with van der Waals surface area (Å²) >= 11 is 6.08. The molecule has 0 saturated carbocycles. The van der Waals surface area contributed by atoms with Gasteiger partial charge in [-0.1, -0.05) is 11.6 Å². The van der Waals surface area contributed by atoms with Crippen molar-refractivity contribution in [3.05, 3.63) is 39.8 Å². The number of benzene rings is 1. The predicted molar refractivity (Wildman–Crippen MR) is 60.0 cm³/mol. The van der Waals surface area contributed by atoms with Crippen LogP contribution < -0.4 is 0 Å². The summed E-state index contributed by atoms with van der Waals surface area (Å²) in [6.45, 7) is 0.699. The van der Waals surface area contributed by atoms with Crippen LogP contribution in [0.5, 0.6) is 0 Å². The molecule has 18 heavy (non-hydrogen) atoms. The van der Waals surface area contributed by atoms with Gasteiger partial charge < -0.3 is 4.74 Å². The van der Waals surface area contributed by atoms with Crippen molar-refractivity contribution in [2.24, 2.45) is 0 Å². The van der Waals surface area contributed by atoms with Gasteiger partial charge in [-0.3, -0.25) is 0 Å². The molecule has 6 heteroatoms. The predicted octanol–water partition coefficient (Wildman–Crippen LogP) is 3.38. The fraction of sp³-hybridized carbons (Fsp3) is 0.250. The van der Waals surface area contributed by atoms with Crippen molar-refractivity contribution in [2.45, 2.75) is 13.0 Å². The van der Waals surface area contributed by atoms with Gasteiger partial charge in [-0.2, -0.15) is 0 Å². The fourth-order valence-electron chi connectivity index (χ4n) is 2.05. The maximum atomic E-state index is 13.6. The zero-order valence-electron chi connectivity index (χ0n) is 9.07. The van der Waals surface area contributed by atoms with Crippen molar-refractivity contribution in [2.75, 3.05) is 6.61 Å². The summed E-state index contributed by atoms with van der Waals surface area (Å²) < 4.78 is 45.2. The molecule has 0 atom stereocenters. The third kappa shape index (κ3) is 1.58. The van der Waals surface area contributed by atoms with E-state index in [0.29, 0.717) is 24.3 Å². The Labute approximate surface area is 105 Å². The SMILES string of the molecule is Fc1cc2c(Cl)c3c(nc2c(F)c1F)CCOC3. The minimum atomic E-state index is -1.53. The van der Waals surface area contributed by atoms with Gasteiger partial charge in [0.15, 0.2) is 17.5 Å². The molecule has 1 aromatic heterocycles. The second kappa shape index (κ2) is 4.10. The number of halogens is 4. The van der Waals surface area contributed by atoms with Gasteiger partial charge in [-0.25, -0.2) is 18.2 Å². The van der Waals surface area contributed by atoms with E-state index in [1.807, 2.05) is 0 Å². The summed E-state index contributed by atoms with van der Waals surface area (Å²) in [5, 5.41) is 0.241. The van der Waals surface area contributed by atoms with E-state index in [9.17, 15) is 13.2 Å². The molecule has 3 rings (SSSR count). The summed E-state index contributed by atoms with van der Waals surface area (Å²) in [5.41, 5.74) is 0.948. The van der Waals surface area contributed by atoms with E-state index in [2.05, 4.69) is 4.98 Å². The molecule has 1 aliphatic heterocycles. The Morgan fingerprint density at radius 1 is 1.22 bits per heavy atom. The number of rotatable bonds is 0. The summed E-state index contributed by atoms with van der Waals surface area (Å²) in [6, 6.07) is 0.859. The molecular formula is C12H7ClF3NO. The van der Waals surface area contributed by atoms with Crippen LogP contribution in [-0.2, 0) is 17.8 Å². The van der Waals surface area contributed by atoms with Crippen molar-refractivity contribution in [3.8, 4) is 0 Å². The topological polar surface area (TPSA) is 22.1 Å². The lowest BCUT2D eigenvalue weighted by Gasteiger charge is -2.18. The quantitative estimate of drug-likeness (QED) is 0.687. The smallest absolute Gasteiger partial charge is 0.196 e. The first kappa shape index (κ1) is 11.7. The third-order valence-electron chi connectivity index (χ3n) is 2.96. The Hall–Kier alpha value is -1.33. The van der Waals surface area contributed by atoms with Gasteiger partial charge >= 0.3 is 0 Å². The molecule has 0 spiro atoms. The number of pyridine rings is 1. The first-order valence-electron chi connectivity index (χ1n) is 5.31. The van der Waals surface area contributed by atoms with Crippen LogP contribution in [0.15, 0.2) is 6.07 Å². The molecule has 2 heterocycles. The van der Waals surface area contributed by atoms with Crippen molar-refractivity contribution in [3.63, 3.8) is 0 Å². The molecule has 0 N–H and O–H groups in total. The Morgan fingerprint density at radius 2 is 2.00 bits per heavy atom. The highest BCUT2D eigenvalue weighted by Crippen LogP contribution is 2.33. The molecule has 1 aliphatic rings. The van der Waals surface area contributed by atoms with Crippen LogP contribution in [0.2, 0.25) is 5.02 Å². The number of hydrogen-bond acceptors (Lipinski definition) is 2. The lowest BCUT2D eigenvalue weighted by atomic mass is 10.1. The van der Waals surface area contributed by atoms with Crippen LogP contribution >= 0.6 is 11.6 Å². The van der Waals surface area contributed by atoms with Crippen LogP contribution in [0.4, 0.5) is 13.2 Å². The van der Waals surface area contributed by atoms with Gasteiger partial charge in [0, 0.05) is 17.4 Å². The van der Waals surface area contributed by atoms with Crippen LogP contribution in [0.3, 0.4) is 0 Å². The van der Waals surface area contributed by atoms with E-state index >= 15 is 0 Å². The number of fused-ring (bicyclic) bond motifs is 2. The van der Waals surface area contributed by atoms with Gasteiger partial charge in [0.05, 0.1) is 23.9 Å². The number of ether oxygens (including phenoxy) is 1. The van der Waals surface area contributed by atoms with E-state index in [1.165, 1.54) is 0 Å². The Morgan fingerprint density at radius 3 is 2.78 bits per heavy atom. The molecule has 94 valence electrons. The van der Waals surface area contributed by atoms with Crippen LogP contribution in [0.25, 0.3) is 10.9 Å². The van der Waals surface area contributed by atoms with Gasteiger partial charge in [0.25, 0.3) is 0 Å². The first-order valence-corrected chi connectivity index (χ1v) is 5.69. The summed E-state index contributed by atoms with van der Waals surface area (Å²) in [4.78, 5) is 4.03. The van der Waals surface area contributed by atoms with E-state index < -0.39 is 17.5 Å². The van der Waals surface area contributed by atoms with Gasteiger partial charge in [0.2, 0.25) is 0 Å². The Balaban J connectivity index is 2.42. The van der Waals surface area contributed by atoms with E-state index in [-0.39, 0.29) is 22.5 Å². The lowest BCUT2D eigenvalue weighted by Crippen LogP contribution is -2.13. The largest absolute Gasteiger partial charge is 0.376 e. The number of hydrogen-bond donors (Lipinski definition) is 0. The van der Waals surface area contributed by atoms with E-state index in [4.69, 9.17) is 16.3 Å². The second-order valence-electron chi connectivity index (χ2n) is 4.04. The maximum absolute atomic E-state index is 13.6. The van der Waals surface area contributed by atoms with Crippen LogP contribution in [-0.4, -0.2) is 11.6 Å². The Bertz CT molecular complexity index is 660. The van der Waals surface area contributed by atoms with Crippen molar-refractivity contribution in [1.29, 1.82) is 0 Å². The van der Waals surface area contributed by atoms with Gasteiger partial charge in [-0.15, -0.1) is 0 Å². The summed E-state index contributed by atoms with van der Waals surface area (Å²) in [7, 11) is 0. The molecule has 1 aromatic carbocycles. The molecule has 0 aliphatic carbocycles. The molecular weight excluding hydrogens is 267 g/mol. The minimum absolute atomic E-state index is 0.0670. The van der Waals surface area contributed by atoms with Gasteiger partial charge in [0.1, 0.15) is 5.52 Å². The summed E-state index contributed by atoms with van der Waals surface area (Å²) in [6.07, 6.45) is 0.476. The van der Waals surface area contributed by atoms with Crippen molar-refractivity contribution < 1.29 is 17.9 Å². The average molecular weight is 274 g/mol. The highest BCUT2D eigenvalue weighted by molar-refractivity contribution is 6.36. The molecule has 0 fully saturated rings. The normalized spacial score (nSPS) is 14.9. The van der Waals surface area contributed by atoms with Crippen LogP contribution in [0, 0.1) is 17.5 Å². The fourth-order valence-corrected chi connectivity index (χ4v) is 2.36. The Kier molecular flexibility index (Phi) is 2.68. The number of nitrogens with zero attached hydrogens (tertiary/aromatic N) is 1. The van der Waals surface area contributed by atoms with Crippen LogP contribution in [0.1, 0.15) is 11.3 Å². The lowest BCUT2D eigenvalue weighted by molar-refractivity contribution is 0.109. The van der Waals surface area contributed by atoms with Crippen molar-refractivity contribution in [1.82, 2.24) is 4.98 Å². The molecule has 0 radical (unpaired) electrons. The highest BCUT2D eigenvalue weighted by atomic mass is 35.5. The number of aromatic nitrogens is 1. The molecule has 0 unspecified atom stereocenters. The zero-order chi connectivity index (χ0) is 12.9. The first-order chi connectivity index (χ1) is 8.59. The highest BCUT2D eigenvalue weighted by Gasteiger charge is 2.22. The standard InChI is InChI=1S/C12H7ClF3NO/c13-9-5-3-7(14)10(15)11(16)12(5)17-8-1-2-18-4-6(8)9/h3H,1-2,4H2. The van der Waals surface area contributed by atoms with Crippen molar-refractivity contribution >= 4 is 22.5 Å². The average Bonchev–Trinajstić information content (AvgIpc) is 2.38. The molecule has 0 saturated heterocycles.